The van der Waals surface area contributed by atoms with Crippen molar-refractivity contribution in [3.05, 3.63) is 55.7 Å². The van der Waals surface area contributed by atoms with E-state index in [1.807, 2.05) is 6.21 Å². The Hall–Kier alpha value is -1.63. The molecule has 0 bridgehead atoms. The Balaban J connectivity index is 3.43. The Bertz CT molecular complexity index is 860. The average Bonchev–Trinajstić information content (AvgIpc) is 2.69. The third kappa shape index (κ3) is 6.93. The van der Waals surface area contributed by atoms with Crippen molar-refractivity contribution >= 4 is 6.21 Å². The van der Waals surface area contributed by atoms with Gasteiger partial charge in [0, 0.05) is 12.8 Å². The number of aliphatic imine (C=N–C) groups is 1. The van der Waals surface area contributed by atoms with E-state index in [4.69, 9.17) is 0 Å². The first-order chi connectivity index (χ1) is 14.2. The van der Waals surface area contributed by atoms with Gasteiger partial charge in [0.1, 0.15) is 0 Å². The van der Waals surface area contributed by atoms with Crippen LogP contribution in [0.25, 0.3) is 0 Å². The Morgan fingerprint density at radius 3 is 1.81 bits per heavy atom. The summed E-state index contributed by atoms with van der Waals surface area (Å²) in [6, 6.07) is 0. The molecule has 31 heavy (non-hydrogen) atoms. The topological polar surface area (TPSA) is 12.4 Å². The smallest absolute Gasteiger partial charge is 0.0412 e. The molecule has 0 aromatic rings. The maximum absolute atomic E-state index is 4.61. The summed E-state index contributed by atoms with van der Waals surface area (Å²) in [5.74, 6) is 0.599. The molecule has 1 nitrogen and oxygen atoms in total. The molecule has 0 unspecified atom stereocenters. The molecule has 0 spiro atoms. The van der Waals surface area contributed by atoms with Gasteiger partial charge >= 0.3 is 0 Å². The second kappa shape index (κ2) is 11.3. The van der Waals surface area contributed by atoms with Crippen LogP contribution in [0.2, 0.25) is 0 Å². The normalized spacial score (nSPS) is 20.6. The highest BCUT2D eigenvalue weighted by molar-refractivity contribution is 5.80. The number of hydrogen-bond donors (Lipinski definition) is 0. The van der Waals surface area contributed by atoms with Gasteiger partial charge in [-0.1, -0.05) is 33.3 Å². The van der Waals surface area contributed by atoms with Crippen LogP contribution in [0.4, 0.5) is 0 Å². The van der Waals surface area contributed by atoms with Crippen molar-refractivity contribution in [2.24, 2.45) is 16.3 Å². The predicted octanol–water partition coefficient (Wildman–Crippen LogP) is 9.59. The molecule has 0 aliphatic heterocycles. The maximum Gasteiger partial charge on any atom is 0.0412 e. The van der Waals surface area contributed by atoms with Crippen LogP contribution in [0, 0.1) is 11.3 Å². The Morgan fingerprint density at radius 2 is 1.32 bits per heavy atom. The van der Waals surface area contributed by atoms with Gasteiger partial charge in [0.05, 0.1) is 0 Å². The van der Waals surface area contributed by atoms with Gasteiger partial charge in [-0.2, -0.15) is 0 Å². The minimum Gasteiger partial charge on any atom is -0.293 e. The lowest BCUT2D eigenvalue weighted by atomic mass is 9.69. The van der Waals surface area contributed by atoms with Gasteiger partial charge in [-0.25, -0.2) is 0 Å². The molecule has 0 saturated carbocycles. The fourth-order valence-corrected chi connectivity index (χ4v) is 4.84. The van der Waals surface area contributed by atoms with Gasteiger partial charge in [-0.05, 0) is 143 Å². The van der Waals surface area contributed by atoms with Crippen molar-refractivity contribution < 1.29 is 0 Å². The molecule has 174 valence electrons. The van der Waals surface area contributed by atoms with E-state index in [0.717, 1.165) is 6.54 Å². The Kier molecular flexibility index (Phi) is 9.99. The lowest BCUT2D eigenvalue weighted by molar-refractivity contribution is 0.372. The van der Waals surface area contributed by atoms with Crippen molar-refractivity contribution in [2.45, 2.75) is 109 Å². The van der Waals surface area contributed by atoms with Crippen LogP contribution in [0.3, 0.4) is 0 Å². The molecule has 0 N–H and O–H groups in total. The van der Waals surface area contributed by atoms with Crippen LogP contribution >= 0.6 is 0 Å². The summed E-state index contributed by atoms with van der Waals surface area (Å²) in [7, 11) is 0. The molecule has 1 aliphatic carbocycles. The van der Waals surface area contributed by atoms with Crippen molar-refractivity contribution in [1.29, 1.82) is 0 Å². The van der Waals surface area contributed by atoms with Gasteiger partial charge in [0.15, 0.2) is 0 Å². The van der Waals surface area contributed by atoms with Gasteiger partial charge in [0.25, 0.3) is 0 Å². The molecule has 0 amide bonds. The summed E-state index contributed by atoms with van der Waals surface area (Å²) < 4.78 is 0. The molecule has 0 aromatic heterocycles. The third-order valence-electron chi connectivity index (χ3n) is 7.55. The van der Waals surface area contributed by atoms with E-state index in [1.165, 1.54) is 63.8 Å². The SMILES string of the molecule is CC1=C(/C(C)=C(C)/C(C)=C(C)/C(C)=C(C)/C(C)=C(\C)C=NCC(C)C)C(C)(C)CCC1. The molecule has 0 atom stereocenters. The molecule has 1 rings (SSSR count). The molecule has 0 radical (unpaired) electrons. The van der Waals surface area contributed by atoms with Crippen LogP contribution < -0.4 is 0 Å². The molecular formula is C30H49N. The van der Waals surface area contributed by atoms with Gasteiger partial charge < -0.3 is 0 Å². The largest absolute Gasteiger partial charge is 0.293 e. The summed E-state index contributed by atoms with van der Waals surface area (Å²) >= 11 is 0. The number of rotatable bonds is 7. The number of nitrogens with zero attached hydrogens (tertiary/aromatic N) is 1. The molecule has 1 heteroatoms. The van der Waals surface area contributed by atoms with E-state index in [2.05, 4.69) is 95.0 Å². The highest BCUT2D eigenvalue weighted by atomic mass is 14.7. The van der Waals surface area contributed by atoms with Gasteiger partial charge in [-0.3, -0.25) is 4.99 Å². The van der Waals surface area contributed by atoms with Gasteiger partial charge in [-0.15, -0.1) is 0 Å². The number of allylic oxidation sites excluding steroid dienone is 10. The van der Waals surface area contributed by atoms with E-state index >= 15 is 0 Å². The van der Waals surface area contributed by atoms with Crippen LogP contribution in [0.15, 0.2) is 60.7 Å². The lowest BCUT2D eigenvalue weighted by Gasteiger charge is -2.36. The Labute approximate surface area is 194 Å². The second-order valence-corrected chi connectivity index (χ2v) is 10.8. The van der Waals surface area contributed by atoms with E-state index < -0.39 is 0 Å². The van der Waals surface area contributed by atoms with Crippen LogP contribution in [0.1, 0.15) is 109 Å². The zero-order chi connectivity index (χ0) is 24.1. The summed E-state index contributed by atoms with van der Waals surface area (Å²) in [6.07, 6.45) is 5.89. The summed E-state index contributed by atoms with van der Waals surface area (Å²) in [6.45, 7) is 30.6. The highest BCUT2D eigenvalue weighted by Crippen LogP contribution is 2.45. The van der Waals surface area contributed by atoms with Crippen molar-refractivity contribution in [3.63, 3.8) is 0 Å². The second-order valence-electron chi connectivity index (χ2n) is 10.8. The summed E-state index contributed by atoms with van der Waals surface area (Å²) in [5.41, 5.74) is 14.5. The van der Waals surface area contributed by atoms with E-state index in [-0.39, 0.29) is 5.41 Å². The molecule has 0 fully saturated rings. The zero-order valence-corrected chi connectivity index (χ0v) is 22.9. The van der Waals surface area contributed by atoms with E-state index in [1.54, 1.807) is 11.1 Å². The van der Waals surface area contributed by atoms with Gasteiger partial charge in [0.2, 0.25) is 0 Å². The minimum atomic E-state index is 0.272. The molecule has 0 heterocycles. The van der Waals surface area contributed by atoms with Crippen molar-refractivity contribution in [2.75, 3.05) is 6.54 Å². The predicted molar refractivity (Wildman–Crippen MR) is 142 cm³/mol. The zero-order valence-electron chi connectivity index (χ0n) is 22.9. The quantitative estimate of drug-likeness (QED) is 0.285. The molecule has 1 aliphatic rings. The van der Waals surface area contributed by atoms with E-state index in [0.29, 0.717) is 5.92 Å². The first-order valence-corrected chi connectivity index (χ1v) is 12.1. The first kappa shape index (κ1) is 27.4. The fraction of sp³-hybridized carbons (Fsp3) is 0.633. The fourth-order valence-electron chi connectivity index (χ4n) is 4.84. The summed E-state index contributed by atoms with van der Waals surface area (Å²) in [4.78, 5) is 4.61. The van der Waals surface area contributed by atoms with Crippen LogP contribution in [0.5, 0.6) is 0 Å². The highest BCUT2D eigenvalue weighted by Gasteiger charge is 2.30. The molecular weight excluding hydrogens is 374 g/mol. The van der Waals surface area contributed by atoms with Crippen LogP contribution in [-0.4, -0.2) is 12.8 Å². The van der Waals surface area contributed by atoms with Crippen LogP contribution in [-0.2, 0) is 0 Å². The number of hydrogen-bond acceptors (Lipinski definition) is 1. The first-order valence-electron chi connectivity index (χ1n) is 12.1. The molecule has 0 saturated heterocycles. The third-order valence-corrected chi connectivity index (χ3v) is 7.55. The Morgan fingerprint density at radius 1 is 0.839 bits per heavy atom. The van der Waals surface area contributed by atoms with Crippen molar-refractivity contribution in [3.8, 4) is 0 Å². The molecule has 0 aromatic carbocycles. The lowest BCUT2D eigenvalue weighted by Crippen LogP contribution is -2.21. The van der Waals surface area contributed by atoms with E-state index in [9.17, 15) is 0 Å². The minimum absolute atomic E-state index is 0.272. The van der Waals surface area contributed by atoms with Crippen molar-refractivity contribution in [1.82, 2.24) is 0 Å². The maximum atomic E-state index is 4.61. The average molecular weight is 424 g/mol. The standard InChI is InChI=1S/C30H49N/c1-19(2)17-31-18-21(4)22(5)23(6)24(7)25(8)26(9)27(10)28(11)29-20(3)15-14-16-30(29,12)13/h18-19H,14-17H2,1-13H3/b22-21+,24-23+,26-25+,28-27+,31-18?. The monoisotopic (exact) mass is 423 g/mol. The summed E-state index contributed by atoms with van der Waals surface area (Å²) in [5, 5.41) is 0.